The summed E-state index contributed by atoms with van der Waals surface area (Å²) in [4.78, 5) is 42.4. The number of aromatic nitrogens is 2. The molecule has 1 N–H and O–H groups in total. The van der Waals surface area contributed by atoms with Crippen molar-refractivity contribution in [2.75, 3.05) is 55.3 Å². The van der Waals surface area contributed by atoms with Gasteiger partial charge in [0.15, 0.2) is 15.0 Å². The van der Waals surface area contributed by atoms with E-state index in [0.29, 0.717) is 29.4 Å². The second-order valence-corrected chi connectivity index (χ2v) is 14.1. The molecule has 42 heavy (non-hydrogen) atoms. The molecule has 3 aliphatic heterocycles. The smallest absolute Gasteiger partial charge is 0.254 e. The van der Waals surface area contributed by atoms with Crippen LogP contribution in [-0.4, -0.2) is 97.2 Å². The molecule has 2 aromatic heterocycles. The van der Waals surface area contributed by atoms with Gasteiger partial charge in [-0.25, -0.2) is 18.4 Å². The monoisotopic (exact) mass is 608 g/mol. The summed E-state index contributed by atoms with van der Waals surface area (Å²) in [5.41, 5.74) is 2.22. The Balaban J connectivity index is 0.999. The van der Waals surface area contributed by atoms with Crippen molar-refractivity contribution in [3.8, 4) is 11.4 Å². The average Bonchev–Trinajstić information content (AvgIpc) is 3.75. The fourth-order valence-corrected chi connectivity index (χ4v) is 7.86. The molecule has 0 spiro atoms. The van der Waals surface area contributed by atoms with Crippen LogP contribution in [-0.2, 0) is 26.0 Å². The first kappa shape index (κ1) is 27.4. The number of amides is 2. The summed E-state index contributed by atoms with van der Waals surface area (Å²) in [5, 5.41) is 5.17. The van der Waals surface area contributed by atoms with Crippen molar-refractivity contribution < 1.29 is 22.7 Å². The minimum absolute atomic E-state index is 0.117. The van der Waals surface area contributed by atoms with Crippen molar-refractivity contribution in [3.05, 3.63) is 52.9 Å². The number of benzene rings is 1. The molecule has 5 heterocycles. The van der Waals surface area contributed by atoms with Crippen LogP contribution in [0.4, 0.5) is 10.9 Å². The summed E-state index contributed by atoms with van der Waals surface area (Å²) in [5.74, 6) is 0.118. The van der Waals surface area contributed by atoms with Crippen LogP contribution in [0.25, 0.3) is 11.4 Å². The summed E-state index contributed by atoms with van der Waals surface area (Å²) in [6, 6.07) is 10.7. The molecular weight excluding hydrogens is 576 g/mol. The second kappa shape index (κ2) is 11.0. The van der Waals surface area contributed by atoms with Gasteiger partial charge in [-0.15, -0.1) is 11.3 Å². The molecule has 1 aliphatic carbocycles. The van der Waals surface area contributed by atoms with Gasteiger partial charge in [-0.1, -0.05) is 12.1 Å². The maximum atomic E-state index is 13.3. The van der Waals surface area contributed by atoms with Crippen molar-refractivity contribution in [2.45, 2.75) is 42.8 Å². The first-order valence-corrected chi connectivity index (χ1v) is 16.9. The first-order chi connectivity index (χ1) is 20.4. The standard InChI is InChI=1S/C29H32N6O5S2/c36-27(24-8-9-35(24)28(37)19-4-5-20-17-40-14-15-42(38,39)25(20)16-19)32-29-31-23(18-41-29)22-2-1-3-26(30-22)34-12-10-33(11-13-34)21-6-7-21/h1-5,16,18,21,24H,6-15,17H2,(H,31,32,36)/t24-/m0/s1. The molecule has 4 aliphatic rings. The van der Waals surface area contributed by atoms with Crippen molar-refractivity contribution in [2.24, 2.45) is 0 Å². The van der Waals surface area contributed by atoms with E-state index in [1.807, 2.05) is 23.6 Å². The van der Waals surface area contributed by atoms with Gasteiger partial charge in [0, 0.05) is 49.7 Å². The van der Waals surface area contributed by atoms with E-state index >= 15 is 0 Å². The number of fused-ring (bicyclic) bond motifs is 1. The Morgan fingerprint density at radius 1 is 0.976 bits per heavy atom. The highest BCUT2D eigenvalue weighted by atomic mass is 32.2. The molecule has 3 aromatic rings. The average molecular weight is 609 g/mol. The Kier molecular flexibility index (Phi) is 7.21. The summed E-state index contributed by atoms with van der Waals surface area (Å²) >= 11 is 1.31. The predicted octanol–water partition coefficient (Wildman–Crippen LogP) is 2.65. The zero-order chi connectivity index (χ0) is 28.8. The van der Waals surface area contributed by atoms with Gasteiger partial charge in [0.2, 0.25) is 5.91 Å². The van der Waals surface area contributed by atoms with Crippen LogP contribution in [0.15, 0.2) is 46.7 Å². The normalized spacial score (nSPS) is 22.1. The largest absolute Gasteiger partial charge is 0.376 e. The number of nitrogens with zero attached hydrogens (tertiary/aromatic N) is 5. The summed E-state index contributed by atoms with van der Waals surface area (Å²) < 4.78 is 30.7. The van der Waals surface area contributed by atoms with Crippen LogP contribution < -0.4 is 10.2 Å². The molecule has 220 valence electrons. The van der Waals surface area contributed by atoms with Gasteiger partial charge in [0.1, 0.15) is 17.6 Å². The zero-order valence-electron chi connectivity index (χ0n) is 23.1. The van der Waals surface area contributed by atoms with Gasteiger partial charge in [-0.2, -0.15) is 0 Å². The van der Waals surface area contributed by atoms with E-state index in [2.05, 4.69) is 20.1 Å². The molecule has 0 unspecified atom stereocenters. The third-order valence-electron chi connectivity index (χ3n) is 8.42. The number of piperazine rings is 1. The fourth-order valence-electron chi connectivity index (χ4n) is 5.76. The molecule has 2 amide bonds. The van der Waals surface area contributed by atoms with E-state index in [4.69, 9.17) is 9.72 Å². The van der Waals surface area contributed by atoms with E-state index in [-0.39, 0.29) is 41.2 Å². The van der Waals surface area contributed by atoms with E-state index < -0.39 is 15.9 Å². The van der Waals surface area contributed by atoms with E-state index in [1.54, 1.807) is 12.1 Å². The summed E-state index contributed by atoms with van der Waals surface area (Å²) in [7, 11) is -3.54. The van der Waals surface area contributed by atoms with Crippen molar-refractivity contribution >= 4 is 43.9 Å². The molecule has 0 radical (unpaired) electrons. The van der Waals surface area contributed by atoms with Gasteiger partial charge >= 0.3 is 0 Å². The summed E-state index contributed by atoms with van der Waals surface area (Å²) in [6.45, 7) is 4.75. The van der Waals surface area contributed by atoms with Crippen LogP contribution in [0.5, 0.6) is 0 Å². The lowest BCUT2D eigenvalue weighted by Crippen LogP contribution is -2.56. The van der Waals surface area contributed by atoms with Gasteiger partial charge in [-0.05, 0) is 49.1 Å². The first-order valence-electron chi connectivity index (χ1n) is 14.3. The highest BCUT2D eigenvalue weighted by molar-refractivity contribution is 7.91. The van der Waals surface area contributed by atoms with Crippen LogP contribution in [0.1, 0.15) is 35.2 Å². The lowest BCUT2D eigenvalue weighted by Gasteiger charge is -2.39. The third kappa shape index (κ3) is 5.41. The minimum atomic E-state index is -3.54. The topological polar surface area (TPSA) is 125 Å². The van der Waals surface area contributed by atoms with E-state index in [1.165, 1.54) is 35.1 Å². The number of carbonyl (C=O) groups excluding carboxylic acids is 2. The van der Waals surface area contributed by atoms with Gasteiger partial charge in [0.05, 0.1) is 29.6 Å². The number of hydrogen-bond donors (Lipinski definition) is 1. The van der Waals surface area contributed by atoms with Gasteiger partial charge in [0.25, 0.3) is 5.91 Å². The molecule has 3 fully saturated rings. The molecular formula is C29H32N6O5S2. The zero-order valence-corrected chi connectivity index (χ0v) is 24.7. The van der Waals surface area contributed by atoms with Crippen LogP contribution in [0, 0.1) is 0 Å². The molecule has 2 saturated heterocycles. The van der Waals surface area contributed by atoms with Crippen molar-refractivity contribution in [1.29, 1.82) is 0 Å². The predicted molar refractivity (Wildman–Crippen MR) is 158 cm³/mol. The lowest BCUT2D eigenvalue weighted by atomic mass is 10.00. The number of sulfone groups is 1. The number of ether oxygens (including phenoxy) is 1. The lowest BCUT2D eigenvalue weighted by molar-refractivity contribution is -0.123. The number of likely N-dealkylation sites (tertiary alicyclic amines) is 1. The number of thiazole rings is 1. The Morgan fingerprint density at radius 2 is 1.81 bits per heavy atom. The molecule has 13 heteroatoms. The molecule has 11 nitrogen and oxygen atoms in total. The maximum absolute atomic E-state index is 13.3. The number of pyridine rings is 1. The second-order valence-electron chi connectivity index (χ2n) is 11.2. The van der Waals surface area contributed by atoms with E-state index in [9.17, 15) is 18.0 Å². The SMILES string of the molecule is O=C(Nc1nc(-c2cccc(N3CCN(C4CC4)CC3)n2)cs1)[C@@H]1CCN1C(=O)c1ccc2c(c1)S(=O)(=O)CCOC2. The molecule has 1 saturated carbocycles. The van der Waals surface area contributed by atoms with Crippen LogP contribution in [0.2, 0.25) is 0 Å². The Bertz CT molecular complexity index is 1630. The quantitative estimate of drug-likeness (QED) is 0.450. The van der Waals surface area contributed by atoms with Crippen molar-refractivity contribution in [3.63, 3.8) is 0 Å². The number of anilines is 2. The molecule has 0 bridgehead atoms. The van der Waals surface area contributed by atoms with E-state index in [0.717, 1.165) is 43.7 Å². The Hall–Kier alpha value is -3.39. The van der Waals surface area contributed by atoms with Crippen LogP contribution >= 0.6 is 11.3 Å². The fraction of sp³-hybridized carbons (Fsp3) is 0.448. The number of carbonyl (C=O) groups is 2. The Labute approximate surface area is 248 Å². The minimum Gasteiger partial charge on any atom is -0.376 e. The van der Waals surface area contributed by atoms with Gasteiger partial charge in [-0.3, -0.25) is 14.5 Å². The molecule has 1 aromatic carbocycles. The number of rotatable bonds is 6. The summed E-state index contributed by atoms with van der Waals surface area (Å²) in [6.07, 6.45) is 3.16. The highest BCUT2D eigenvalue weighted by Gasteiger charge is 2.39. The molecule has 1 atom stereocenters. The number of nitrogens with one attached hydrogen (secondary N) is 1. The van der Waals surface area contributed by atoms with Gasteiger partial charge < -0.3 is 19.9 Å². The highest BCUT2D eigenvalue weighted by Crippen LogP contribution is 2.31. The Morgan fingerprint density at radius 3 is 2.57 bits per heavy atom. The van der Waals surface area contributed by atoms with Crippen LogP contribution in [0.3, 0.4) is 0 Å². The third-order valence-corrected chi connectivity index (χ3v) is 10.9. The number of hydrogen-bond acceptors (Lipinski definition) is 10. The van der Waals surface area contributed by atoms with Crippen molar-refractivity contribution in [1.82, 2.24) is 19.8 Å². The molecule has 7 rings (SSSR count). The maximum Gasteiger partial charge on any atom is 0.254 e.